The average molecular weight is 286 g/mol. The second-order valence-electron chi connectivity index (χ2n) is 5.09. The fourth-order valence-electron chi connectivity index (χ4n) is 2.39. The number of aromatic carboxylic acids is 1. The van der Waals surface area contributed by atoms with Crippen molar-refractivity contribution in [2.75, 3.05) is 0 Å². The van der Waals surface area contributed by atoms with Crippen LogP contribution in [0.2, 0.25) is 0 Å². The first kappa shape index (κ1) is 15.0. The van der Waals surface area contributed by atoms with Crippen molar-refractivity contribution in [3.05, 3.63) is 51.4 Å². The molecular weight excluding hydrogens is 268 g/mol. The van der Waals surface area contributed by atoms with E-state index in [1.54, 1.807) is 0 Å². The maximum Gasteiger partial charge on any atom is 0.342 e. The SMILES string of the molecule is CCCn1ncc(-c2ccc(C)cc2C)c(C(=O)O)c1=O. The lowest BCUT2D eigenvalue weighted by atomic mass is 9.97. The third-order valence-corrected chi connectivity index (χ3v) is 3.37. The van der Waals surface area contributed by atoms with Crippen LogP contribution in [0.3, 0.4) is 0 Å². The molecule has 1 heterocycles. The Morgan fingerprint density at radius 1 is 1.29 bits per heavy atom. The molecule has 2 aromatic rings. The van der Waals surface area contributed by atoms with Gasteiger partial charge in [0.15, 0.2) is 0 Å². The van der Waals surface area contributed by atoms with Crippen LogP contribution in [0.1, 0.15) is 34.8 Å². The zero-order valence-corrected chi connectivity index (χ0v) is 12.4. The lowest BCUT2D eigenvalue weighted by Gasteiger charge is -2.11. The van der Waals surface area contributed by atoms with Crippen LogP contribution in [0.15, 0.2) is 29.2 Å². The molecule has 0 fully saturated rings. The molecule has 0 unspecified atom stereocenters. The quantitative estimate of drug-likeness (QED) is 0.937. The number of rotatable bonds is 4. The predicted octanol–water partition coefficient (Wildman–Crippen LogP) is 2.64. The molecule has 1 aromatic heterocycles. The summed E-state index contributed by atoms with van der Waals surface area (Å²) in [4.78, 5) is 23.8. The molecule has 2 rings (SSSR count). The van der Waals surface area contributed by atoms with Crippen molar-refractivity contribution in [3.63, 3.8) is 0 Å². The van der Waals surface area contributed by atoms with Gasteiger partial charge in [-0.15, -0.1) is 0 Å². The van der Waals surface area contributed by atoms with E-state index in [0.717, 1.165) is 23.1 Å². The lowest BCUT2D eigenvalue weighted by Crippen LogP contribution is -2.29. The van der Waals surface area contributed by atoms with E-state index in [2.05, 4.69) is 5.10 Å². The molecule has 1 N–H and O–H groups in total. The minimum Gasteiger partial charge on any atom is -0.477 e. The van der Waals surface area contributed by atoms with Gasteiger partial charge in [-0.1, -0.05) is 30.7 Å². The number of aromatic nitrogens is 2. The summed E-state index contributed by atoms with van der Waals surface area (Å²) in [6.07, 6.45) is 2.19. The number of benzene rings is 1. The Morgan fingerprint density at radius 3 is 2.57 bits per heavy atom. The summed E-state index contributed by atoms with van der Waals surface area (Å²) in [5.74, 6) is -1.22. The van der Waals surface area contributed by atoms with Gasteiger partial charge in [0.1, 0.15) is 5.56 Å². The van der Waals surface area contributed by atoms with E-state index in [0.29, 0.717) is 12.1 Å². The Hall–Kier alpha value is -2.43. The normalized spacial score (nSPS) is 10.6. The van der Waals surface area contributed by atoms with Crippen LogP contribution < -0.4 is 5.56 Å². The van der Waals surface area contributed by atoms with E-state index in [1.165, 1.54) is 10.9 Å². The van der Waals surface area contributed by atoms with Gasteiger partial charge in [0.2, 0.25) is 0 Å². The zero-order chi connectivity index (χ0) is 15.6. The molecule has 0 atom stereocenters. The van der Waals surface area contributed by atoms with E-state index in [-0.39, 0.29) is 5.56 Å². The first-order valence-electron chi connectivity index (χ1n) is 6.86. The molecule has 0 aliphatic carbocycles. The minimum atomic E-state index is -1.22. The van der Waals surface area contributed by atoms with Gasteiger partial charge in [-0.3, -0.25) is 4.79 Å². The van der Waals surface area contributed by atoms with Crippen molar-refractivity contribution in [1.82, 2.24) is 9.78 Å². The number of nitrogens with zero attached hydrogens (tertiary/aromatic N) is 2. The van der Waals surface area contributed by atoms with E-state index >= 15 is 0 Å². The number of aryl methyl sites for hydroxylation is 3. The molecule has 0 aliphatic rings. The van der Waals surface area contributed by atoms with Gasteiger partial charge in [-0.05, 0) is 31.4 Å². The van der Waals surface area contributed by atoms with Gasteiger partial charge < -0.3 is 5.11 Å². The van der Waals surface area contributed by atoms with Crippen LogP contribution in [0.5, 0.6) is 0 Å². The van der Waals surface area contributed by atoms with Crippen LogP contribution in [-0.2, 0) is 6.54 Å². The van der Waals surface area contributed by atoms with Crippen molar-refractivity contribution in [1.29, 1.82) is 0 Å². The minimum absolute atomic E-state index is 0.217. The van der Waals surface area contributed by atoms with E-state index < -0.39 is 11.5 Å². The Bertz CT molecular complexity index is 748. The highest BCUT2D eigenvalue weighted by Gasteiger charge is 2.20. The number of hydrogen-bond acceptors (Lipinski definition) is 3. The Balaban J connectivity index is 2.72. The van der Waals surface area contributed by atoms with Gasteiger partial charge in [-0.2, -0.15) is 5.10 Å². The molecule has 0 spiro atoms. The first-order chi connectivity index (χ1) is 9.95. The highest BCUT2D eigenvalue weighted by atomic mass is 16.4. The van der Waals surface area contributed by atoms with Crippen LogP contribution in [0.25, 0.3) is 11.1 Å². The monoisotopic (exact) mass is 286 g/mol. The average Bonchev–Trinajstić information content (AvgIpc) is 2.41. The fraction of sp³-hybridized carbons (Fsp3) is 0.312. The summed E-state index contributed by atoms with van der Waals surface area (Å²) in [7, 11) is 0. The van der Waals surface area contributed by atoms with Crippen molar-refractivity contribution >= 4 is 5.97 Å². The Morgan fingerprint density at radius 2 is 2.00 bits per heavy atom. The van der Waals surface area contributed by atoms with Crippen molar-refractivity contribution in [3.8, 4) is 11.1 Å². The first-order valence-corrected chi connectivity index (χ1v) is 6.86. The topological polar surface area (TPSA) is 72.2 Å². The second-order valence-corrected chi connectivity index (χ2v) is 5.09. The molecule has 0 amide bonds. The predicted molar refractivity (Wildman–Crippen MR) is 80.7 cm³/mol. The molecule has 0 aliphatic heterocycles. The summed E-state index contributed by atoms with van der Waals surface area (Å²) in [5, 5.41) is 13.5. The highest BCUT2D eigenvalue weighted by Crippen LogP contribution is 2.25. The zero-order valence-electron chi connectivity index (χ0n) is 12.4. The smallest absolute Gasteiger partial charge is 0.342 e. The molecule has 1 aromatic carbocycles. The molecule has 5 nitrogen and oxygen atoms in total. The summed E-state index contributed by atoms with van der Waals surface area (Å²) >= 11 is 0. The number of hydrogen-bond donors (Lipinski definition) is 1. The van der Waals surface area contributed by atoms with Crippen molar-refractivity contribution in [2.24, 2.45) is 0 Å². The fourth-order valence-corrected chi connectivity index (χ4v) is 2.39. The van der Waals surface area contributed by atoms with Gasteiger partial charge in [-0.25, -0.2) is 9.48 Å². The van der Waals surface area contributed by atoms with E-state index in [1.807, 2.05) is 39.0 Å². The van der Waals surface area contributed by atoms with Gasteiger partial charge >= 0.3 is 5.97 Å². The molecule has 0 saturated heterocycles. The van der Waals surface area contributed by atoms with Crippen LogP contribution in [0, 0.1) is 13.8 Å². The summed E-state index contributed by atoms with van der Waals surface area (Å²) in [5.41, 5.74) is 2.34. The standard InChI is InChI=1S/C16H18N2O3/c1-4-7-18-15(19)14(16(20)21)13(9-17-18)12-6-5-10(2)8-11(12)3/h5-6,8-9H,4,7H2,1-3H3,(H,20,21). The maximum absolute atomic E-state index is 12.3. The molecule has 21 heavy (non-hydrogen) atoms. The second kappa shape index (κ2) is 5.91. The number of carboxylic acid groups (broad SMARTS) is 1. The lowest BCUT2D eigenvalue weighted by molar-refractivity contribution is 0.0694. The third-order valence-electron chi connectivity index (χ3n) is 3.37. The highest BCUT2D eigenvalue weighted by molar-refractivity contribution is 5.95. The number of carbonyl (C=O) groups is 1. The summed E-state index contributed by atoms with van der Waals surface area (Å²) in [6.45, 7) is 6.18. The van der Waals surface area contributed by atoms with Crippen molar-refractivity contribution < 1.29 is 9.90 Å². The molecule has 0 radical (unpaired) electrons. The van der Waals surface area contributed by atoms with Gasteiger partial charge in [0.05, 0.1) is 6.20 Å². The molecule has 0 bridgehead atoms. The Kier molecular flexibility index (Phi) is 4.21. The molecular formula is C16H18N2O3. The van der Waals surface area contributed by atoms with E-state index in [4.69, 9.17) is 0 Å². The largest absolute Gasteiger partial charge is 0.477 e. The maximum atomic E-state index is 12.3. The van der Waals surface area contributed by atoms with Crippen LogP contribution >= 0.6 is 0 Å². The molecule has 0 saturated carbocycles. The number of carboxylic acids is 1. The summed E-state index contributed by atoms with van der Waals surface area (Å²) < 4.78 is 1.20. The van der Waals surface area contributed by atoms with E-state index in [9.17, 15) is 14.7 Å². The van der Waals surface area contributed by atoms with Gasteiger partial charge in [0, 0.05) is 12.1 Å². The third kappa shape index (κ3) is 2.86. The molecule has 5 heteroatoms. The Labute approximate surface area is 122 Å². The van der Waals surface area contributed by atoms with Crippen LogP contribution in [-0.4, -0.2) is 20.9 Å². The molecule has 110 valence electrons. The summed E-state index contributed by atoms with van der Waals surface area (Å²) in [6, 6.07) is 5.68. The van der Waals surface area contributed by atoms with Crippen LogP contribution in [0.4, 0.5) is 0 Å². The van der Waals surface area contributed by atoms with Gasteiger partial charge in [0.25, 0.3) is 5.56 Å². The van der Waals surface area contributed by atoms with Crippen molar-refractivity contribution in [2.45, 2.75) is 33.7 Å².